The summed E-state index contributed by atoms with van der Waals surface area (Å²) >= 11 is 7.23. The van der Waals surface area contributed by atoms with Gasteiger partial charge in [-0.2, -0.15) is 5.26 Å². The molecule has 1 aromatic rings. The molecule has 0 fully saturated rings. The van der Waals surface area contributed by atoms with Crippen LogP contribution in [0, 0.1) is 17.2 Å². The van der Waals surface area contributed by atoms with Crippen LogP contribution in [0.3, 0.4) is 0 Å². The normalized spacial score (nSPS) is 19.1. The maximum Gasteiger partial charge on any atom is 0.319 e. The van der Waals surface area contributed by atoms with Crippen LogP contribution in [0.25, 0.3) is 0 Å². The molecule has 142 valence electrons. The summed E-state index contributed by atoms with van der Waals surface area (Å²) in [5, 5.41) is 12.8. The molecule has 0 aliphatic carbocycles. The van der Waals surface area contributed by atoms with Gasteiger partial charge in [0, 0.05) is 10.9 Å². The molecule has 0 bridgehead atoms. The molecule has 1 aromatic carbocycles. The van der Waals surface area contributed by atoms with Gasteiger partial charge in [-0.05, 0) is 18.6 Å². The fourth-order valence-electron chi connectivity index (χ4n) is 2.68. The molecule has 0 radical (unpaired) electrons. The summed E-state index contributed by atoms with van der Waals surface area (Å²) in [5.41, 5.74) is 0.592. The number of methoxy groups -OCH3 is 1. The quantitative estimate of drug-likeness (QED) is 0.569. The molecule has 0 aromatic heterocycles. The lowest BCUT2D eigenvalue weighted by Gasteiger charge is -2.31. The molecule has 1 aliphatic rings. The molecule has 0 saturated carbocycles. The molecule has 1 aliphatic heterocycles. The number of allylic oxidation sites excluding steroid dienone is 1. The number of rotatable bonds is 6. The average molecular weight is 409 g/mol. The molecule has 0 saturated heterocycles. The Kier molecular flexibility index (Phi) is 7.28. The van der Waals surface area contributed by atoms with Crippen LogP contribution in [0.2, 0.25) is 5.02 Å². The summed E-state index contributed by atoms with van der Waals surface area (Å²) in [6.45, 7) is 1.72. The first-order valence-corrected chi connectivity index (χ1v) is 9.36. The molecule has 2 rings (SSSR count). The van der Waals surface area contributed by atoms with Crippen molar-refractivity contribution >= 4 is 41.2 Å². The number of ether oxygens (including phenoxy) is 2. The number of amides is 1. The number of benzene rings is 1. The van der Waals surface area contributed by atoms with Crippen molar-refractivity contribution in [2.75, 3.05) is 19.5 Å². The van der Waals surface area contributed by atoms with Crippen LogP contribution in [-0.2, 0) is 23.9 Å². The average Bonchev–Trinajstić information content (AvgIpc) is 2.65. The molecule has 7 nitrogen and oxygen atoms in total. The standard InChI is InChI=1S/C18H17ClN2O5S/c1-3-26-18(24)15-14(10-6-4-5-7-12(10)19)11(8-20)17(21-16(15)23)27-9-13(22)25-2/h4-7,14-15H,3,9H2,1-2H3,(H,21,23)/t14-,15+/m1/s1. The minimum absolute atomic E-state index is 0.0907. The highest BCUT2D eigenvalue weighted by Crippen LogP contribution is 2.42. The molecule has 1 N–H and O–H groups in total. The van der Waals surface area contributed by atoms with Crippen molar-refractivity contribution in [1.29, 1.82) is 5.26 Å². The SMILES string of the molecule is CCOC(=O)[C@@H]1C(=O)NC(SCC(=O)OC)=C(C#N)[C@H]1c1ccccc1Cl. The highest BCUT2D eigenvalue weighted by atomic mass is 35.5. The molecule has 9 heteroatoms. The number of hydrogen-bond donors (Lipinski definition) is 1. The summed E-state index contributed by atoms with van der Waals surface area (Å²) in [5.74, 6) is -4.16. The molecular weight excluding hydrogens is 392 g/mol. The van der Waals surface area contributed by atoms with E-state index in [2.05, 4.69) is 10.1 Å². The van der Waals surface area contributed by atoms with Gasteiger partial charge in [-0.3, -0.25) is 14.4 Å². The van der Waals surface area contributed by atoms with E-state index in [0.717, 1.165) is 11.8 Å². The lowest BCUT2D eigenvalue weighted by atomic mass is 9.78. The zero-order chi connectivity index (χ0) is 20.0. The molecular formula is C18H17ClN2O5S. The van der Waals surface area contributed by atoms with Gasteiger partial charge in [-0.1, -0.05) is 41.6 Å². The third kappa shape index (κ3) is 4.62. The molecule has 0 unspecified atom stereocenters. The van der Waals surface area contributed by atoms with E-state index in [1.807, 2.05) is 6.07 Å². The predicted octanol–water partition coefficient (Wildman–Crippen LogP) is 2.37. The monoisotopic (exact) mass is 408 g/mol. The first-order chi connectivity index (χ1) is 12.9. The molecule has 2 atom stereocenters. The summed E-state index contributed by atoms with van der Waals surface area (Å²) in [7, 11) is 1.24. The number of hydrogen-bond acceptors (Lipinski definition) is 7. The second-order valence-electron chi connectivity index (χ2n) is 5.44. The van der Waals surface area contributed by atoms with Gasteiger partial charge in [-0.25, -0.2) is 0 Å². The third-order valence-corrected chi connectivity index (χ3v) is 5.21. The number of esters is 2. The minimum atomic E-state index is -1.26. The van der Waals surface area contributed by atoms with Crippen molar-refractivity contribution in [3.8, 4) is 6.07 Å². The Morgan fingerprint density at radius 1 is 1.37 bits per heavy atom. The Balaban J connectivity index is 2.57. The van der Waals surface area contributed by atoms with Crippen LogP contribution >= 0.6 is 23.4 Å². The summed E-state index contributed by atoms with van der Waals surface area (Å²) < 4.78 is 9.62. The topological polar surface area (TPSA) is 105 Å². The lowest BCUT2D eigenvalue weighted by molar-refractivity contribution is -0.153. The van der Waals surface area contributed by atoms with E-state index in [0.29, 0.717) is 10.6 Å². The van der Waals surface area contributed by atoms with Gasteiger partial charge in [-0.15, -0.1) is 0 Å². The van der Waals surface area contributed by atoms with E-state index < -0.39 is 29.7 Å². The zero-order valence-electron chi connectivity index (χ0n) is 14.7. The van der Waals surface area contributed by atoms with Crippen molar-refractivity contribution in [1.82, 2.24) is 5.32 Å². The number of nitrogens with zero attached hydrogens (tertiary/aromatic N) is 1. The van der Waals surface area contributed by atoms with Crippen molar-refractivity contribution in [2.24, 2.45) is 5.92 Å². The van der Waals surface area contributed by atoms with E-state index in [1.165, 1.54) is 7.11 Å². The smallest absolute Gasteiger partial charge is 0.319 e. The van der Waals surface area contributed by atoms with E-state index in [1.54, 1.807) is 31.2 Å². The molecule has 0 spiro atoms. The summed E-state index contributed by atoms with van der Waals surface area (Å²) in [4.78, 5) is 36.5. The highest BCUT2D eigenvalue weighted by molar-refractivity contribution is 8.03. The number of carbonyl (C=O) groups excluding carboxylic acids is 3. The van der Waals surface area contributed by atoms with Crippen LogP contribution in [-0.4, -0.2) is 37.3 Å². The van der Waals surface area contributed by atoms with Gasteiger partial charge in [0.1, 0.15) is 5.92 Å². The van der Waals surface area contributed by atoms with E-state index in [4.69, 9.17) is 16.3 Å². The predicted molar refractivity (Wildman–Crippen MR) is 99.6 cm³/mol. The van der Waals surface area contributed by atoms with Gasteiger partial charge in [0.05, 0.1) is 36.1 Å². The van der Waals surface area contributed by atoms with Crippen LogP contribution in [0.15, 0.2) is 34.9 Å². The maximum absolute atomic E-state index is 12.7. The number of carbonyl (C=O) groups is 3. The van der Waals surface area contributed by atoms with Gasteiger partial charge >= 0.3 is 11.9 Å². The van der Waals surface area contributed by atoms with Crippen LogP contribution < -0.4 is 5.32 Å². The zero-order valence-corrected chi connectivity index (χ0v) is 16.2. The number of nitriles is 1. The lowest BCUT2D eigenvalue weighted by Crippen LogP contribution is -2.44. The van der Waals surface area contributed by atoms with E-state index in [9.17, 15) is 19.6 Å². The van der Waals surface area contributed by atoms with Crippen LogP contribution in [0.5, 0.6) is 0 Å². The van der Waals surface area contributed by atoms with Crippen molar-refractivity contribution in [2.45, 2.75) is 12.8 Å². The van der Waals surface area contributed by atoms with Gasteiger partial charge in [0.25, 0.3) is 0 Å². The van der Waals surface area contributed by atoms with Crippen LogP contribution in [0.1, 0.15) is 18.4 Å². The van der Waals surface area contributed by atoms with Gasteiger partial charge < -0.3 is 14.8 Å². The second-order valence-corrected chi connectivity index (χ2v) is 6.83. The largest absolute Gasteiger partial charge is 0.468 e. The van der Waals surface area contributed by atoms with E-state index in [-0.39, 0.29) is 23.0 Å². The molecule has 27 heavy (non-hydrogen) atoms. The van der Waals surface area contributed by atoms with Gasteiger partial charge in [0.2, 0.25) is 5.91 Å². The first kappa shape index (κ1) is 20.8. The Hall–Kier alpha value is -2.50. The highest BCUT2D eigenvalue weighted by Gasteiger charge is 2.45. The molecule has 1 amide bonds. The minimum Gasteiger partial charge on any atom is -0.468 e. The van der Waals surface area contributed by atoms with Gasteiger partial charge in [0.15, 0.2) is 0 Å². The number of nitrogens with one attached hydrogen (secondary N) is 1. The fourth-order valence-corrected chi connectivity index (χ4v) is 3.81. The fraction of sp³-hybridized carbons (Fsp3) is 0.333. The number of thioether (sulfide) groups is 1. The van der Waals surface area contributed by atoms with Crippen molar-refractivity contribution in [3.63, 3.8) is 0 Å². The summed E-state index contributed by atoms with van der Waals surface area (Å²) in [6.07, 6.45) is 0. The second kappa shape index (κ2) is 9.44. The van der Waals surface area contributed by atoms with Crippen LogP contribution in [0.4, 0.5) is 0 Å². The van der Waals surface area contributed by atoms with Crippen molar-refractivity contribution < 1.29 is 23.9 Å². The number of halogens is 1. The first-order valence-electron chi connectivity index (χ1n) is 8.00. The third-order valence-electron chi connectivity index (χ3n) is 3.87. The Morgan fingerprint density at radius 2 is 2.07 bits per heavy atom. The Labute approximate surface area is 165 Å². The molecule has 1 heterocycles. The van der Waals surface area contributed by atoms with E-state index >= 15 is 0 Å². The summed E-state index contributed by atoms with van der Waals surface area (Å²) in [6, 6.07) is 8.71. The maximum atomic E-state index is 12.7. The van der Waals surface area contributed by atoms with Crippen molar-refractivity contribution in [3.05, 3.63) is 45.5 Å². The Bertz CT molecular complexity index is 833. The Morgan fingerprint density at radius 3 is 2.67 bits per heavy atom.